The summed E-state index contributed by atoms with van der Waals surface area (Å²) in [6, 6.07) is 10.8. The highest BCUT2D eigenvalue weighted by Gasteiger charge is 2.41. The van der Waals surface area contributed by atoms with Crippen LogP contribution in [0.2, 0.25) is 0 Å². The number of benzene rings is 1. The Morgan fingerprint density at radius 2 is 2.17 bits per heavy atom. The normalized spacial score (nSPS) is 31.5. The van der Waals surface area contributed by atoms with E-state index >= 15 is 0 Å². The van der Waals surface area contributed by atoms with Gasteiger partial charge in [0.15, 0.2) is 0 Å². The van der Waals surface area contributed by atoms with Crippen molar-refractivity contribution in [3.8, 4) is 11.8 Å². The van der Waals surface area contributed by atoms with E-state index in [4.69, 9.17) is 4.74 Å². The van der Waals surface area contributed by atoms with Crippen molar-refractivity contribution in [3.05, 3.63) is 35.9 Å². The molecule has 2 aliphatic rings. The van der Waals surface area contributed by atoms with E-state index in [1.54, 1.807) is 0 Å². The van der Waals surface area contributed by atoms with Gasteiger partial charge in [0.05, 0.1) is 13.2 Å². The van der Waals surface area contributed by atoms with Crippen LogP contribution in [0.1, 0.15) is 25.3 Å². The van der Waals surface area contributed by atoms with Crippen molar-refractivity contribution in [3.63, 3.8) is 0 Å². The van der Waals surface area contributed by atoms with Gasteiger partial charge in [-0.1, -0.05) is 30.0 Å². The van der Waals surface area contributed by atoms with Crippen LogP contribution >= 0.6 is 0 Å². The molecule has 2 aliphatic heterocycles. The molecule has 2 nitrogen and oxygen atoms in total. The number of rotatable bonds is 0. The van der Waals surface area contributed by atoms with Crippen LogP contribution in [0.15, 0.2) is 30.3 Å². The van der Waals surface area contributed by atoms with Gasteiger partial charge in [-0.2, -0.15) is 0 Å². The number of nitrogens with zero attached hydrogens (tertiary/aromatic N) is 1. The van der Waals surface area contributed by atoms with E-state index in [2.05, 4.69) is 35.8 Å². The van der Waals surface area contributed by atoms with Gasteiger partial charge in [-0.3, -0.25) is 4.90 Å². The molecule has 2 heteroatoms. The van der Waals surface area contributed by atoms with Gasteiger partial charge in [0.1, 0.15) is 5.54 Å². The van der Waals surface area contributed by atoms with Crippen molar-refractivity contribution in [2.24, 2.45) is 0 Å². The number of fused-ring (bicyclic) bond motifs is 1. The predicted octanol–water partition coefficient (Wildman–Crippen LogP) is 2.29. The minimum Gasteiger partial charge on any atom is -0.377 e. The van der Waals surface area contributed by atoms with Crippen molar-refractivity contribution in [2.45, 2.75) is 31.3 Å². The van der Waals surface area contributed by atoms with E-state index < -0.39 is 0 Å². The topological polar surface area (TPSA) is 12.5 Å². The highest BCUT2D eigenvalue weighted by Crippen LogP contribution is 2.30. The number of ether oxygens (including phenoxy) is 1. The van der Waals surface area contributed by atoms with E-state index in [1.807, 2.05) is 18.2 Å². The maximum atomic E-state index is 5.74. The molecule has 0 aliphatic carbocycles. The predicted molar refractivity (Wildman–Crippen MR) is 72.3 cm³/mol. The van der Waals surface area contributed by atoms with Crippen LogP contribution in [0.5, 0.6) is 0 Å². The Bertz CT molecular complexity index is 473. The van der Waals surface area contributed by atoms with Crippen molar-refractivity contribution in [1.82, 2.24) is 4.90 Å². The molecule has 0 amide bonds. The molecule has 2 atom stereocenters. The summed E-state index contributed by atoms with van der Waals surface area (Å²) in [6.07, 6.45) is 2.53. The van der Waals surface area contributed by atoms with Gasteiger partial charge in [-0.15, -0.1) is 0 Å². The monoisotopic (exact) mass is 241 g/mol. The number of hydrogen-bond acceptors (Lipinski definition) is 2. The fourth-order valence-electron chi connectivity index (χ4n) is 2.97. The third kappa shape index (κ3) is 2.16. The summed E-state index contributed by atoms with van der Waals surface area (Å²) in [4.78, 5) is 2.53. The molecule has 0 spiro atoms. The maximum absolute atomic E-state index is 5.74. The maximum Gasteiger partial charge on any atom is 0.104 e. The number of hydrogen-bond donors (Lipinski definition) is 0. The quantitative estimate of drug-likeness (QED) is 0.646. The molecular weight excluding hydrogens is 222 g/mol. The van der Waals surface area contributed by atoms with Crippen LogP contribution in [0.3, 0.4) is 0 Å². The molecule has 94 valence electrons. The van der Waals surface area contributed by atoms with Crippen molar-refractivity contribution in [2.75, 3.05) is 19.8 Å². The Labute approximate surface area is 109 Å². The van der Waals surface area contributed by atoms with Crippen LogP contribution in [0, 0.1) is 11.8 Å². The molecule has 1 aromatic carbocycles. The van der Waals surface area contributed by atoms with Gasteiger partial charge >= 0.3 is 0 Å². The first kappa shape index (κ1) is 11.8. The lowest BCUT2D eigenvalue weighted by Gasteiger charge is -2.42. The van der Waals surface area contributed by atoms with Crippen LogP contribution in [0.25, 0.3) is 0 Å². The molecule has 2 saturated heterocycles. The van der Waals surface area contributed by atoms with Crippen molar-refractivity contribution >= 4 is 0 Å². The second kappa shape index (κ2) is 4.76. The summed E-state index contributed by atoms with van der Waals surface area (Å²) in [5, 5.41) is 0. The summed E-state index contributed by atoms with van der Waals surface area (Å²) < 4.78 is 5.74. The SMILES string of the molecule is CC1(C#Cc2ccccc2)COC[C@@H]2CCCN21. The van der Waals surface area contributed by atoms with Crippen LogP contribution < -0.4 is 0 Å². The fourth-order valence-corrected chi connectivity index (χ4v) is 2.97. The molecule has 18 heavy (non-hydrogen) atoms. The van der Waals surface area contributed by atoms with Gasteiger partial charge in [-0.25, -0.2) is 0 Å². The lowest BCUT2D eigenvalue weighted by molar-refractivity contribution is -0.0530. The Morgan fingerprint density at radius 1 is 1.33 bits per heavy atom. The Balaban J connectivity index is 1.84. The molecular formula is C16H19NO. The summed E-state index contributed by atoms with van der Waals surface area (Å²) in [7, 11) is 0. The average Bonchev–Trinajstić information content (AvgIpc) is 2.88. The molecule has 0 N–H and O–H groups in total. The zero-order chi connectivity index (χ0) is 12.4. The van der Waals surface area contributed by atoms with E-state index in [1.165, 1.54) is 12.8 Å². The zero-order valence-corrected chi connectivity index (χ0v) is 10.9. The Hall–Kier alpha value is -1.30. The van der Waals surface area contributed by atoms with Crippen LogP contribution in [0.4, 0.5) is 0 Å². The van der Waals surface area contributed by atoms with Gasteiger partial charge < -0.3 is 4.74 Å². The molecule has 0 radical (unpaired) electrons. The minimum atomic E-state index is -0.116. The summed E-state index contributed by atoms with van der Waals surface area (Å²) in [5.74, 6) is 6.73. The third-order valence-electron chi connectivity index (χ3n) is 3.95. The number of morpholine rings is 1. The molecule has 0 aromatic heterocycles. The summed E-state index contributed by atoms with van der Waals surface area (Å²) in [5.41, 5.74) is 0.968. The standard InChI is InChI=1S/C16H19NO/c1-16(10-9-14-6-3-2-4-7-14)13-18-12-15-8-5-11-17(15)16/h2-4,6-7,15H,5,8,11-13H2,1H3/t15-,16?/m0/s1. The molecule has 0 bridgehead atoms. The highest BCUT2D eigenvalue weighted by molar-refractivity contribution is 5.37. The lowest BCUT2D eigenvalue weighted by atomic mass is 9.98. The van der Waals surface area contributed by atoms with E-state index in [0.29, 0.717) is 6.04 Å². The van der Waals surface area contributed by atoms with Gasteiger partial charge in [-0.05, 0) is 31.9 Å². The first-order valence-corrected chi connectivity index (χ1v) is 6.71. The molecule has 2 fully saturated rings. The van der Waals surface area contributed by atoms with E-state index in [0.717, 1.165) is 25.3 Å². The molecule has 3 rings (SSSR count). The van der Waals surface area contributed by atoms with Gasteiger partial charge in [0.25, 0.3) is 0 Å². The van der Waals surface area contributed by atoms with Crippen molar-refractivity contribution < 1.29 is 4.74 Å². The smallest absolute Gasteiger partial charge is 0.104 e. The first-order valence-electron chi connectivity index (χ1n) is 6.71. The van der Waals surface area contributed by atoms with Gasteiger partial charge in [0, 0.05) is 18.2 Å². The van der Waals surface area contributed by atoms with Gasteiger partial charge in [0.2, 0.25) is 0 Å². The Morgan fingerprint density at radius 3 is 3.00 bits per heavy atom. The molecule has 1 aromatic rings. The molecule has 1 unspecified atom stereocenters. The van der Waals surface area contributed by atoms with Crippen molar-refractivity contribution in [1.29, 1.82) is 0 Å². The first-order chi connectivity index (χ1) is 8.78. The highest BCUT2D eigenvalue weighted by atomic mass is 16.5. The van der Waals surface area contributed by atoms with Crippen LogP contribution in [-0.4, -0.2) is 36.2 Å². The summed E-state index contributed by atoms with van der Waals surface area (Å²) >= 11 is 0. The summed E-state index contributed by atoms with van der Waals surface area (Å²) in [6.45, 7) is 4.97. The van der Waals surface area contributed by atoms with Crippen LogP contribution in [-0.2, 0) is 4.74 Å². The zero-order valence-electron chi connectivity index (χ0n) is 10.9. The second-order valence-electron chi connectivity index (χ2n) is 5.39. The lowest BCUT2D eigenvalue weighted by Crippen LogP contribution is -2.56. The third-order valence-corrected chi connectivity index (χ3v) is 3.95. The minimum absolute atomic E-state index is 0.116. The second-order valence-corrected chi connectivity index (χ2v) is 5.39. The fraction of sp³-hybridized carbons (Fsp3) is 0.500. The largest absolute Gasteiger partial charge is 0.377 e. The van der Waals surface area contributed by atoms with E-state index in [-0.39, 0.29) is 5.54 Å². The van der Waals surface area contributed by atoms with E-state index in [9.17, 15) is 0 Å². The molecule has 2 heterocycles. The molecule has 0 saturated carbocycles. The average molecular weight is 241 g/mol. The Kier molecular flexibility index (Phi) is 3.11.